The minimum absolute atomic E-state index is 0.124. The Morgan fingerprint density at radius 1 is 1.24 bits per heavy atom. The molecular formula is C16H18N2O6S. The predicted molar refractivity (Wildman–Crippen MR) is 90.3 cm³/mol. The van der Waals surface area contributed by atoms with Crippen molar-refractivity contribution in [3.05, 3.63) is 54.0 Å². The first-order valence-electron chi connectivity index (χ1n) is 7.33. The first-order chi connectivity index (χ1) is 11.7. The van der Waals surface area contributed by atoms with Crippen molar-refractivity contribution in [1.82, 2.24) is 5.32 Å². The van der Waals surface area contributed by atoms with E-state index in [-0.39, 0.29) is 17.8 Å². The lowest BCUT2D eigenvalue weighted by molar-refractivity contribution is -0.129. The van der Waals surface area contributed by atoms with Gasteiger partial charge in [0, 0.05) is 5.69 Å². The number of hydrogen-bond donors (Lipinski definition) is 2. The van der Waals surface area contributed by atoms with Crippen molar-refractivity contribution in [2.75, 3.05) is 11.0 Å². The van der Waals surface area contributed by atoms with E-state index in [9.17, 15) is 18.0 Å². The molecule has 0 radical (unpaired) electrons. The molecule has 25 heavy (non-hydrogen) atoms. The summed E-state index contributed by atoms with van der Waals surface area (Å²) in [4.78, 5) is 24.1. The maximum atomic E-state index is 12.1. The Kier molecular flexibility index (Phi) is 5.81. The molecule has 0 aliphatic rings. The molecule has 1 aromatic carbocycles. The van der Waals surface area contributed by atoms with E-state index in [0.717, 1.165) is 6.26 Å². The largest absolute Gasteiger partial charge is 0.467 e. The van der Waals surface area contributed by atoms with E-state index in [4.69, 9.17) is 9.15 Å². The molecule has 0 aliphatic carbocycles. The van der Waals surface area contributed by atoms with E-state index in [0.29, 0.717) is 5.76 Å². The monoisotopic (exact) mass is 366 g/mol. The minimum atomic E-state index is -3.46. The van der Waals surface area contributed by atoms with Gasteiger partial charge in [-0.15, -0.1) is 0 Å². The minimum Gasteiger partial charge on any atom is -0.467 e. The second-order valence-electron chi connectivity index (χ2n) is 5.30. The summed E-state index contributed by atoms with van der Waals surface area (Å²) in [5.74, 6) is -0.639. The average molecular weight is 366 g/mol. The number of carbonyl (C=O) groups excluding carboxylic acids is 2. The fourth-order valence-electron chi connectivity index (χ4n) is 1.94. The molecular weight excluding hydrogens is 348 g/mol. The van der Waals surface area contributed by atoms with Gasteiger partial charge in [0.1, 0.15) is 5.76 Å². The molecule has 0 saturated heterocycles. The van der Waals surface area contributed by atoms with Gasteiger partial charge in [-0.05, 0) is 37.3 Å². The Hall–Kier alpha value is -2.81. The maximum absolute atomic E-state index is 12.1. The standard InChI is InChI=1S/C16H18N2O6S/c1-11(15(19)17-10-14-7-4-8-23-14)24-16(20)12-5-3-6-13(9-12)18-25(2,21)22/h3-9,11,18H,10H2,1-2H3,(H,17,19)/t11-/m1/s1. The van der Waals surface area contributed by atoms with Crippen LogP contribution in [0.3, 0.4) is 0 Å². The molecule has 8 nitrogen and oxygen atoms in total. The molecule has 2 rings (SSSR count). The summed E-state index contributed by atoms with van der Waals surface area (Å²) >= 11 is 0. The Labute approximate surface area is 145 Å². The van der Waals surface area contributed by atoms with Crippen molar-refractivity contribution in [3.8, 4) is 0 Å². The van der Waals surface area contributed by atoms with Gasteiger partial charge in [-0.3, -0.25) is 9.52 Å². The van der Waals surface area contributed by atoms with Crippen molar-refractivity contribution < 1.29 is 27.2 Å². The van der Waals surface area contributed by atoms with Crippen LogP contribution in [0, 0.1) is 0 Å². The van der Waals surface area contributed by atoms with Gasteiger partial charge in [-0.25, -0.2) is 13.2 Å². The fourth-order valence-corrected chi connectivity index (χ4v) is 2.49. The van der Waals surface area contributed by atoms with E-state index >= 15 is 0 Å². The zero-order valence-corrected chi connectivity index (χ0v) is 14.5. The normalized spacial score (nSPS) is 12.2. The van der Waals surface area contributed by atoms with E-state index in [1.54, 1.807) is 12.1 Å². The molecule has 0 aliphatic heterocycles. The number of nitrogens with one attached hydrogen (secondary N) is 2. The van der Waals surface area contributed by atoms with Crippen molar-refractivity contribution in [2.45, 2.75) is 19.6 Å². The van der Waals surface area contributed by atoms with Gasteiger partial charge in [-0.1, -0.05) is 6.07 Å². The Balaban J connectivity index is 1.94. The molecule has 1 atom stereocenters. The summed E-state index contributed by atoms with van der Waals surface area (Å²) in [7, 11) is -3.46. The number of hydrogen-bond acceptors (Lipinski definition) is 6. The molecule has 1 amide bonds. The summed E-state index contributed by atoms with van der Waals surface area (Å²) in [5.41, 5.74) is 0.353. The molecule has 0 unspecified atom stereocenters. The molecule has 9 heteroatoms. The van der Waals surface area contributed by atoms with Crippen molar-refractivity contribution >= 4 is 27.6 Å². The number of carbonyl (C=O) groups is 2. The lowest BCUT2D eigenvalue weighted by Gasteiger charge is -2.13. The quantitative estimate of drug-likeness (QED) is 0.718. The highest BCUT2D eigenvalue weighted by molar-refractivity contribution is 7.92. The lowest BCUT2D eigenvalue weighted by Crippen LogP contribution is -2.35. The van der Waals surface area contributed by atoms with Crippen LogP contribution in [0.5, 0.6) is 0 Å². The molecule has 0 bridgehead atoms. The number of amides is 1. The van der Waals surface area contributed by atoms with Crippen LogP contribution < -0.4 is 10.0 Å². The van der Waals surface area contributed by atoms with Gasteiger partial charge in [0.15, 0.2) is 6.10 Å². The summed E-state index contributed by atoms with van der Waals surface area (Å²) in [6, 6.07) is 9.20. The number of anilines is 1. The van der Waals surface area contributed by atoms with Crippen LogP contribution in [-0.2, 0) is 26.1 Å². The van der Waals surface area contributed by atoms with Crippen LogP contribution in [0.1, 0.15) is 23.0 Å². The van der Waals surface area contributed by atoms with Crippen LogP contribution >= 0.6 is 0 Å². The zero-order chi connectivity index (χ0) is 18.4. The molecule has 1 aromatic heterocycles. The molecule has 134 valence electrons. The number of benzene rings is 1. The van der Waals surface area contributed by atoms with E-state index in [1.807, 2.05) is 0 Å². The van der Waals surface area contributed by atoms with Crippen LogP contribution in [0.25, 0.3) is 0 Å². The van der Waals surface area contributed by atoms with Crippen LogP contribution in [0.2, 0.25) is 0 Å². The van der Waals surface area contributed by atoms with Crippen molar-refractivity contribution in [2.24, 2.45) is 0 Å². The SMILES string of the molecule is C[C@@H](OC(=O)c1cccc(NS(C)(=O)=O)c1)C(=O)NCc1ccco1. The predicted octanol–water partition coefficient (Wildman–Crippen LogP) is 1.51. The van der Waals surface area contributed by atoms with Crippen LogP contribution in [0.4, 0.5) is 5.69 Å². The third kappa shape index (κ3) is 5.96. The topological polar surface area (TPSA) is 115 Å². The number of sulfonamides is 1. The highest BCUT2D eigenvalue weighted by Crippen LogP contribution is 2.13. The first-order valence-corrected chi connectivity index (χ1v) is 9.22. The Bertz CT molecular complexity index is 845. The first kappa shape index (κ1) is 18.5. The van der Waals surface area contributed by atoms with Gasteiger partial charge in [0.25, 0.3) is 5.91 Å². The van der Waals surface area contributed by atoms with E-state index in [2.05, 4.69) is 10.0 Å². The molecule has 2 aromatic rings. The third-order valence-corrected chi connectivity index (χ3v) is 3.68. The highest BCUT2D eigenvalue weighted by atomic mass is 32.2. The lowest BCUT2D eigenvalue weighted by atomic mass is 10.2. The molecule has 1 heterocycles. The summed E-state index contributed by atoms with van der Waals surface area (Å²) in [6.07, 6.45) is 1.47. The number of furan rings is 1. The second-order valence-corrected chi connectivity index (χ2v) is 7.05. The van der Waals surface area contributed by atoms with Gasteiger partial charge in [-0.2, -0.15) is 0 Å². The maximum Gasteiger partial charge on any atom is 0.338 e. The Morgan fingerprint density at radius 3 is 2.64 bits per heavy atom. The van der Waals surface area contributed by atoms with Gasteiger partial charge in [0.05, 0.1) is 24.6 Å². The third-order valence-electron chi connectivity index (χ3n) is 3.07. The summed E-state index contributed by atoms with van der Waals surface area (Å²) in [6.45, 7) is 1.62. The fraction of sp³-hybridized carbons (Fsp3) is 0.250. The molecule has 0 saturated carbocycles. The zero-order valence-electron chi connectivity index (χ0n) is 13.7. The highest BCUT2D eigenvalue weighted by Gasteiger charge is 2.19. The van der Waals surface area contributed by atoms with E-state index < -0.39 is 28.0 Å². The van der Waals surface area contributed by atoms with Gasteiger partial charge < -0.3 is 14.5 Å². The molecule has 2 N–H and O–H groups in total. The average Bonchev–Trinajstić information content (AvgIpc) is 3.04. The van der Waals surface area contributed by atoms with E-state index in [1.165, 1.54) is 37.5 Å². The Morgan fingerprint density at radius 2 is 2.00 bits per heavy atom. The van der Waals surface area contributed by atoms with Crippen LogP contribution in [-0.4, -0.2) is 32.7 Å². The van der Waals surface area contributed by atoms with Crippen LogP contribution in [0.15, 0.2) is 47.1 Å². The summed E-state index contributed by atoms with van der Waals surface area (Å²) in [5, 5.41) is 2.58. The van der Waals surface area contributed by atoms with Gasteiger partial charge in [0.2, 0.25) is 10.0 Å². The number of ether oxygens (including phenoxy) is 1. The smallest absolute Gasteiger partial charge is 0.338 e. The second kappa shape index (κ2) is 7.84. The van der Waals surface area contributed by atoms with Crippen molar-refractivity contribution in [1.29, 1.82) is 0 Å². The summed E-state index contributed by atoms with van der Waals surface area (Å²) < 4.78 is 34.9. The number of rotatable bonds is 7. The number of esters is 1. The van der Waals surface area contributed by atoms with Crippen molar-refractivity contribution in [3.63, 3.8) is 0 Å². The van der Waals surface area contributed by atoms with Gasteiger partial charge >= 0.3 is 5.97 Å². The molecule has 0 spiro atoms. The molecule has 0 fully saturated rings.